The highest BCUT2D eigenvalue weighted by Gasteiger charge is 2.39. The molecule has 0 saturated carbocycles. The number of fused-ring (bicyclic) bond motifs is 2. The number of aryl methyl sites for hydroxylation is 1. The van der Waals surface area contributed by atoms with Gasteiger partial charge in [-0.3, -0.25) is 0 Å². The maximum absolute atomic E-state index is 15.3. The standard InChI is InChI=1S/C27H30F3N5/c1-14(2)27(29,30)21-11-9-10-19(25(21)28)15(3)31-26-20-12-23-24(13-22(20)32-18(6)33-26)35(8)17(5)16(4)34(23)7/h9-15H,4-5H2,1-3,6-8H3,(H,31,32,33)/t15-/m1/s1. The zero-order valence-electron chi connectivity index (χ0n) is 20.9. The van der Waals surface area contributed by atoms with Gasteiger partial charge in [0.15, 0.2) is 0 Å². The summed E-state index contributed by atoms with van der Waals surface area (Å²) in [5.41, 5.74) is 3.61. The van der Waals surface area contributed by atoms with Gasteiger partial charge in [-0.1, -0.05) is 45.2 Å². The van der Waals surface area contributed by atoms with E-state index in [-0.39, 0.29) is 5.56 Å². The zero-order chi connectivity index (χ0) is 25.8. The number of nitrogens with zero attached hydrogens (tertiary/aromatic N) is 4. The van der Waals surface area contributed by atoms with Gasteiger partial charge in [-0.15, -0.1) is 0 Å². The van der Waals surface area contributed by atoms with Crippen molar-refractivity contribution in [1.29, 1.82) is 0 Å². The summed E-state index contributed by atoms with van der Waals surface area (Å²) in [6.45, 7) is 14.5. The number of hydrogen-bond acceptors (Lipinski definition) is 5. The third-order valence-electron chi connectivity index (χ3n) is 6.70. The lowest BCUT2D eigenvalue weighted by molar-refractivity contribution is -0.0545. The van der Waals surface area contributed by atoms with Gasteiger partial charge in [-0.25, -0.2) is 23.1 Å². The van der Waals surface area contributed by atoms with Crippen molar-refractivity contribution in [2.75, 3.05) is 29.2 Å². The second kappa shape index (κ2) is 8.59. The van der Waals surface area contributed by atoms with Gasteiger partial charge in [0.2, 0.25) is 0 Å². The van der Waals surface area contributed by atoms with Crippen molar-refractivity contribution in [3.05, 3.63) is 77.7 Å². The van der Waals surface area contributed by atoms with Gasteiger partial charge in [0.05, 0.1) is 39.9 Å². The molecule has 0 fully saturated rings. The van der Waals surface area contributed by atoms with Gasteiger partial charge >= 0.3 is 0 Å². The molecule has 5 nitrogen and oxygen atoms in total. The first-order valence-electron chi connectivity index (χ1n) is 11.5. The van der Waals surface area contributed by atoms with Crippen molar-refractivity contribution in [1.82, 2.24) is 9.97 Å². The molecule has 2 heterocycles. The summed E-state index contributed by atoms with van der Waals surface area (Å²) in [5.74, 6) is -4.19. The Morgan fingerprint density at radius 1 is 0.971 bits per heavy atom. The second-order valence-corrected chi connectivity index (χ2v) is 9.34. The molecule has 1 aliphatic rings. The summed E-state index contributed by atoms with van der Waals surface area (Å²) >= 11 is 0. The molecule has 2 aromatic carbocycles. The number of nitrogens with one attached hydrogen (secondary N) is 1. The van der Waals surface area contributed by atoms with E-state index in [9.17, 15) is 8.78 Å². The molecule has 1 atom stereocenters. The SMILES string of the molecule is C=C1C(=C)N(C)c2cc3c(N[C@H](C)c4cccc(C(F)(F)C(C)C)c4F)nc(C)nc3cc2N1C. The summed E-state index contributed by atoms with van der Waals surface area (Å²) in [6.07, 6.45) is 0. The highest BCUT2D eigenvalue weighted by atomic mass is 19.3. The first-order valence-corrected chi connectivity index (χ1v) is 11.5. The molecule has 1 aromatic heterocycles. The third-order valence-corrected chi connectivity index (χ3v) is 6.70. The van der Waals surface area contributed by atoms with Gasteiger partial charge in [-0.2, -0.15) is 0 Å². The molecule has 184 valence electrons. The second-order valence-electron chi connectivity index (χ2n) is 9.34. The molecule has 0 unspecified atom stereocenters. The van der Waals surface area contributed by atoms with Crippen molar-refractivity contribution in [2.45, 2.75) is 39.7 Å². The molecule has 0 saturated heterocycles. The topological polar surface area (TPSA) is 44.3 Å². The largest absolute Gasteiger partial charge is 0.363 e. The van der Waals surface area contributed by atoms with E-state index in [2.05, 4.69) is 28.4 Å². The fourth-order valence-electron chi connectivity index (χ4n) is 4.33. The van der Waals surface area contributed by atoms with Crippen molar-refractivity contribution in [2.24, 2.45) is 5.92 Å². The Morgan fingerprint density at radius 2 is 1.57 bits per heavy atom. The summed E-state index contributed by atoms with van der Waals surface area (Å²) in [4.78, 5) is 13.1. The summed E-state index contributed by atoms with van der Waals surface area (Å²) in [6, 6.07) is 7.41. The molecule has 4 rings (SSSR count). The minimum absolute atomic E-state index is 0.145. The third kappa shape index (κ3) is 4.00. The zero-order valence-corrected chi connectivity index (χ0v) is 20.9. The van der Waals surface area contributed by atoms with Crippen LogP contribution in [0, 0.1) is 18.7 Å². The van der Waals surface area contributed by atoms with E-state index in [1.165, 1.54) is 26.0 Å². The van der Waals surface area contributed by atoms with Gasteiger partial charge in [0.1, 0.15) is 17.5 Å². The van der Waals surface area contributed by atoms with Crippen LogP contribution in [0.3, 0.4) is 0 Å². The van der Waals surface area contributed by atoms with E-state index in [4.69, 9.17) is 0 Å². The van der Waals surface area contributed by atoms with Gasteiger partial charge < -0.3 is 15.1 Å². The molecule has 1 aliphatic heterocycles. The van der Waals surface area contributed by atoms with Crippen molar-refractivity contribution >= 4 is 28.1 Å². The molecule has 0 amide bonds. The number of hydrogen-bond donors (Lipinski definition) is 1. The fraction of sp³-hybridized carbons (Fsp3) is 0.333. The lowest BCUT2D eigenvalue weighted by Crippen LogP contribution is -2.32. The lowest BCUT2D eigenvalue weighted by Gasteiger charge is -2.38. The molecule has 0 spiro atoms. The minimum atomic E-state index is -3.28. The maximum atomic E-state index is 15.3. The smallest absolute Gasteiger partial charge is 0.278 e. The predicted octanol–water partition coefficient (Wildman–Crippen LogP) is 6.91. The van der Waals surface area contributed by atoms with E-state index in [1.54, 1.807) is 13.8 Å². The highest BCUT2D eigenvalue weighted by molar-refractivity contribution is 5.98. The highest BCUT2D eigenvalue weighted by Crippen LogP contribution is 2.43. The number of benzene rings is 2. The van der Waals surface area contributed by atoms with Crippen molar-refractivity contribution < 1.29 is 13.2 Å². The van der Waals surface area contributed by atoms with Crippen LogP contribution in [0.4, 0.5) is 30.4 Å². The van der Waals surface area contributed by atoms with E-state index in [0.717, 1.165) is 34.2 Å². The summed E-state index contributed by atoms with van der Waals surface area (Å²) in [7, 11) is 3.83. The van der Waals surface area contributed by atoms with Crippen LogP contribution in [-0.2, 0) is 5.92 Å². The Bertz CT molecular complexity index is 1350. The first-order chi connectivity index (χ1) is 16.3. The maximum Gasteiger partial charge on any atom is 0.278 e. The quantitative estimate of drug-likeness (QED) is 0.429. The average Bonchev–Trinajstić information content (AvgIpc) is 2.80. The number of rotatable bonds is 5. The molecule has 3 aromatic rings. The van der Waals surface area contributed by atoms with E-state index >= 15 is 4.39 Å². The Hall–Kier alpha value is -3.55. The van der Waals surface area contributed by atoms with Crippen LogP contribution in [0.2, 0.25) is 0 Å². The van der Waals surface area contributed by atoms with Crippen molar-refractivity contribution in [3.63, 3.8) is 0 Å². The van der Waals surface area contributed by atoms with Gasteiger partial charge in [-0.05, 0) is 26.0 Å². The Labute approximate surface area is 204 Å². The van der Waals surface area contributed by atoms with Gasteiger partial charge in [0, 0.05) is 31.0 Å². The first kappa shape index (κ1) is 24.6. The van der Waals surface area contributed by atoms with Crippen LogP contribution in [0.15, 0.2) is 54.9 Å². The molecule has 1 N–H and O–H groups in total. The number of halogens is 3. The van der Waals surface area contributed by atoms with E-state index in [0.29, 0.717) is 17.2 Å². The van der Waals surface area contributed by atoms with Crippen LogP contribution >= 0.6 is 0 Å². The molecule has 0 aliphatic carbocycles. The number of anilines is 3. The van der Waals surface area contributed by atoms with Crippen LogP contribution in [0.1, 0.15) is 43.8 Å². The fourth-order valence-corrected chi connectivity index (χ4v) is 4.33. The summed E-state index contributed by atoms with van der Waals surface area (Å²) < 4.78 is 44.6. The minimum Gasteiger partial charge on any atom is -0.363 e. The molecule has 0 radical (unpaired) electrons. The Morgan fingerprint density at radius 3 is 2.17 bits per heavy atom. The van der Waals surface area contributed by atoms with E-state index < -0.39 is 29.3 Å². The molecule has 35 heavy (non-hydrogen) atoms. The van der Waals surface area contributed by atoms with Crippen LogP contribution in [0.25, 0.3) is 10.9 Å². The average molecular weight is 482 g/mol. The Kier molecular flexibility index (Phi) is 6.03. The monoisotopic (exact) mass is 481 g/mol. The summed E-state index contributed by atoms with van der Waals surface area (Å²) in [5, 5.41) is 3.96. The number of aromatic nitrogens is 2. The van der Waals surface area contributed by atoms with Crippen LogP contribution < -0.4 is 15.1 Å². The predicted molar refractivity (Wildman–Crippen MR) is 137 cm³/mol. The molecule has 0 bridgehead atoms. The number of alkyl halides is 2. The normalized spacial score (nSPS) is 15.1. The molecule has 8 heteroatoms. The Balaban J connectivity index is 1.79. The van der Waals surface area contributed by atoms with E-state index in [1.807, 2.05) is 36.0 Å². The van der Waals surface area contributed by atoms with Crippen molar-refractivity contribution in [3.8, 4) is 0 Å². The molecular weight excluding hydrogens is 451 g/mol. The van der Waals surface area contributed by atoms with Crippen LogP contribution in [-0.4, -0.2) is 24.1 Å². The number of likely N-dealkylation sites (N-methyl/N-ethyl adjacent to an activating group) is 2. The van der Waals surface area contributed by atoms with Crippen LogP contribution in [0.5, 0.6) is 0 Å². The molecular formula is C27H30F3N5. The van der Waals surface area contributed by atoms with Gasteiger partial charge in [0.25, 0.3) is 5.92 Å². The lowest BCUT2D eigenvalue weighted by atomic mass is 9.94.